The van der Waals surface area contributed by atoms with Gasteiger partial charge in [-0.3, -0.25) is 4.79 Å². The molecule has 0 saturated heterocycles. The molecular formula is C8H17NO2. The normalized spacial score (nSPS) is 9.73. The second kappa shape index (κ2) is 6.16. The lowest BCUT2D eigenvalue weighted by Gasteiger charge is -2.18. The topological polar surface area (TPSA) is 29.5 Å². The third kappa shape index (κ3) is 4.79. The van der Waals surface area contributed by atoms with Crippen LogP contribution < -0.4 is 0 Å². The molecule has 0 N–H and O–H groups in total. The van der Waals surface area contributed by atoms with Gasteiger partial charge >= 0.3 is 0 Å². The highest BCUT2D eigenvalue weighted by molar-refractivity contribution is 5.73. The van der Waals surface area contributed by atoms with Crippen LogP contribution in [0.2, 0.25) is 0 Å². The molecule has 0 fully saturated rings. The lowest BCUT2D eigenvalue weighted by molar-refractivity contribution is -0.129. The molecule has 11 heavy (non-hydrogen) atoms. The zero-order chi connectivity index (χ0) is 8.69. The molecule has 0 aliphatic carbocycles. The molecule has 0 bridgehead atoms. The third-order valence-corrected chi connectivity index (χ3v) is 1.54. The Balaban J connectivity index is 3.44. The van der Waals surface area contributed by atoms with Crippen LogP contribution in [0.1, 0.15) is 20.8 Å². The smallest absolute Gasteiger partial charge is 0.219 e. The average molecular weight is 159 g/mol. The first kappa shape index (κ1) is 10.4. The number of hydrogen-bond donors (Lipinski definition) is 0. The number of rotatable bonds is 5. The first-order valence-electron chi connectivity index (χ1n) is 4.05. The van der Waals surface area contributed by atoms with Crippen molar-refractivity contribution in [1.82, 2.24) is 4.90 Å². The maximum atomic E-state index is 10.8. The van der Waals surface area contributed by atoms with E-state index in [0.29, 0.717) is 13.2 Å². The standard InChI is InChI=1S/C8H17NO2/c1-4-9(8(3)10)6-7-11-5-2/h4-7H2,1-3H3. The van der Waals surface area contributed by atoms with E-state index in [1.54, 1.807) is 11.8 Å². The number of carbonyl (C=O) groups is 1. The molecule has 0 aromatic carbocycles. The average Bonchev–Trinajstić information content (AvgIpc) is 1.97. The van der Waals surface area contributed by atoms with Gasteiger partial charge in [-0.25, -0.2) is 0 Å². The molecule has 0 aromatic heterocycles. The molecule has 3 nitrogen and oxygen atoms in total. The lowest BCUT2D eigenvalue weighted by atomic mass is 10.5. The van der Waals surface area contributed by atoms with Gasteiger partial charge in [-0.1, -0.05) is 0 Å². The summed E-state index contributed by atoms with van der Waals surface area (Å²) in [6.07, 6.45) is 0. The van der Waals surface area contributed by atoms with Crippen LogP contribution >= 0.6 is 0 Å². The van der Waals surface area contributed by atoms with Gasteiger partial charge in [-0.05, 0) is 13.8 Å². The van der Waals surface area contributed by atoms with E-state index in [0.717, 1.165) is 13.2 Å². The van der Waals surface area contributed by atoms with E-state index >= 15 is 0 Å². The van der Waals surface area contributed by atoms with Crippen LogP contribution in [0.15, 0.2) is 0 Å². The van der Waals surface area contributed by atoms with Crippen LogP contribution in [0, 0.1) is 0 Å². The van der Waals surface area contributed by atoms with E-state index in [2.05, 4.69) is 0 Å². The molecule has 1 amide bonds. The van der Waals surface area contributed by atoms with E-state index in [9.17, 15) is 4.79 Å². The number of ether oxygens (including phenoxy) is 1. The van der Waals surface area contributed by atoms with Crippen molar-refractivity contribution in [2.75, 3.05) is 26.3 Å². The summed E-state index contributed by atoms with van der Waals surface area (Å²) >= 11 is 0. The van der Waals surface area contributed by atoms with Crippen LogP contribution in [-0.4, -0.2) is 37.1 Å². The summed E-state index contributed by atoms with van der Waals surface area (Å²) in [5.41, 5.74) is 0. The Bertz CT molecular complexity index is 115. The monoisotopic (exact) mass is 159 g/mol. The maximum absolute atomic E-state index is 10.8. The second-order valence-electron chi connectivity index (χ2n) is 2.30. The predicted octanol–water partition coefficient (Wildman–Crippen LogP) is 0.891. The second-order valence-corrected chi connectivity index (χ2v) is 2.30. The Labute approximate surface area is 68.3 Å². The minimum atomic E-state index is 0.118. The zero-order valence-corrected chi connectivity index (χ0v) is 7.59. The molecule has 0 aliphatic heterocycles. The van der Waals surface area contributed by atoms with Crippen LogP contribution in [0.5, 0.6) is 0 Å². The summed E-state index contributed by atoms with van der Waals surface area (Å²) in [6, 6.07) is 0. The van der Waals surface area contributed by atoms with E-state index in [1.165, 1.54) is 0 Å². The number of nitrogens with zero attached hydrogens (tertiary/aromatic N) is 1. The van der Waals surface area contributed by atoms with Gasteiger partial charge in [0.2, 0.25) is 5.91 Å². The van der Waals surface area contributed by atoms with Crippen molar-refractivity contribution in [2.45, 2.75) is 20.8 Å². The number of hydrogen-bond acceptors (Lipinski definition) is 2. The Morgan fingerprint density at radius 1 is 1.45 bits per heavy atom. The fourth-order valence-electron chi connectivity index (χ4n) is 0.857. The lowest BCUT2D eigenvalue weighted by Crippen LogP contribution is -2.31. The van der Waals surface area contributed by atoms with Crippen molar-refractivity contribution >= 4 is 5.91 Å². The molecule has 0 aromatic rings. The Hall–Kier alpha value is -0.570. The number of amides is 1. The van der Waals surface area contributed by atoms with Gasteiger partial charge in [-0.2, -0.15) is 0 Å². The summed E-state index contributed by atoms with van der Waals surface area (Å²) in [7, 11) is 0. The minimum Gasteiger partial charge on any atom is -0.380 e. The molecule has 0 rings (SSSR count). The van der Waals surface area contributed by atoms with Crippen molar-refractivity contribution in [3.63, 3.8) is 0 Å². The van der Waals surface area contributed by atoms with Crippen molar-refractivity contribution < 1.29 is 9.53 Å². The highest BCUT2D eigenvalue weighted by Gasteiger charge is 2.03. The first-order chi connectivity index (χ1) is 5.22. The van der Waals surface area contributed by atoms with Crippen LogP contribution in [0.3, 0.4) is 0 Å². The van der Waals surface area contributed by atoms with Crippen LogP contribution in [-0.2, 0) is 9.53 Å². The van der Waals surface area contributed by atoms with E-state index in [-0.39, 0.29) is 5.91 Å². The summed E-state index contributed by atoms with van der Waals surface area (Å²) in [5.74, 6) is 0.118. The number of likely N-dealkylation sites (N-methyl/N-ethyl adjacent to an activating group) is 1. The third-order valence-electron chi connectivity index (χ3n) is 1.54. The fourth-order valence-corrected chi connectivity index (χ4v) is 0.857. The molecular weight excluding hydrogens is 142 g/mol. The Kier molecular flexibility index (Phi) is 5.84. The molecule has 0 aliphatic rings. The van der Waals surface area contributed by atoms with Gasteiger partial charge in [0.25, 0.3) is 0 Å². The van der Waals surface area contributed by atoms with Crippen molar-refractivity contribution in [3.05, 3.63) is 0 Å². The van der Waals surface area contributed by atoms with Crippen molar-refractivity contribution in [2.24, 2.45) is 0 Å². The molecule has 66 valence electrons. The fraction of sp³-hybridized carbons (Fsp3) is 0.875. The van der Waals surface area contributed by atoms with E-state index in [1.807, 2.05) is 13.8 Å². The van der Waals surface area contributed by atoms with Gasteiger partial charge in [0.15, 0.2) is 0 Å². The van der Waals surface area contributed by atoms with Gasteiger partial charge < -0.3 is 9.64 Å². The highest BCUT2D eigenvalue weighted by Crippen LogP contribution is 1.88. The largest absolute Gasteiger partial charge is 0.380 e. The number of carbonyl (C=O) groups excluding carboxylic acids is 1. The minimum absolute atomic E-state index is 0.118. The Morgan fingerprint density at radius 3 is 2.45 bits per heavy atom. The molecule has 0 heterocycles. The quantitative estimate of drug-likeness (QED) is 0.557. The molecule has 0 radical (unpaired) electrons. The van der Waals surface area contributed by atoms with E-state index < -0.39 is 0 Å². The molecule has 3 heteroatoms. The van der Waals surface area contributed by atoms with Gasteiger partial charge in [-0.15, -0.1) is 0 Å². The van der Waals surface area contributed by atoms with Gasteiger partial charge in [0, 0.05) is 26.6 Å². The molecule has 0 unspecified atom stereocenters. The maximum Gasteiger partial charge on any atom is 0.219 e. The summed E-state index contributed by atoms with van der Waals surface area (Å²) < 4.78 is 5.12. The van der Waals surface area contributed by atoms with Gasteiger partial charge in [0.05, 0.1) is 6.61 Å². The van der Waals surface area contributed by atoms with Crippen molar-refractivity contribution in [3.8, 4) is 0 Å². The summed E-state index contributed by atoms with van der Waals surface area (Å²) in [4.78, 5) is 12.6. The van der Waals surface area contributed by atoms with Gasteiger partial charge in [0.1, 0.15) is 0 Å². The highest BCUT2D eigenvalue weighted by atomic mass is 16.5. The summed E-state index contributed by atoms with van der Waals surface area (Å²) in [6.45, 7) is 8.33. The first-order valence-corrected chi connectivity index (χ1v) is 4.05. The van der Waals surface area contributed by atoms with E-state index in [4.69, 9.17) is 4.74 Å². The Morgan fingerprint density at radius 2 is 2.09 bits per heavy atom. The zero-order valence-electron chi connectivity index (χ0n) is 7.59. The van der Waals surface area contributed by atoms with Crippen LogP contribution in [0.4, 0.5) is 0 Å². The molecule has 0 atom stereocenters. The SMILES string of the molecule is CCOCCN(CC)C(C)=O. The molecule has 0 saturated carbocycles. The van der Waals surface area contributed by atoms with Crippen LogP contribution in [0.25, 0.3) is 0 Å². The predicted molar refractivity (Wildman–Crippen MR) is 44.4 cm³/mol. The summed E-state index contributed by atoms with van der Waals surface area (Å²) in [5, 5.41) is 0. The molecule has 0 spiro atoms. The van der Waals surface area contributed by atoms with Crippen molar-refractivity contribution in [1.29, 1.82) is 0 Å².